The molecule has 5 heteroatoms. The van der Waals surface area contributed by atoms with E-state index in [9.17, 15) is 0 Å². The van der Waals surface area contributed by atoms with E-state index in [0.717, 1.165) is 46.6 Å². The van der Waals surface area contributed by atoms with Gasteiger partial charge in [0, 0.05) is 5.56 Å². The van der Waals surface area contributed by atoms with Gasteiger partial charge in [-0.25, -0.2) is 15.0 Å². The van der Waals surface area contributed by atoms with Crippen LogP contribution in [0.1, 0.15) is 19.0 Å². The molecule has 0 radical (unpaired) electrons. The number of aryl methyl sites for hydroxylation is 1. The summed E-state index contributed by atoms with van der Waals surface area (Å²) in [5.74, 6) is 1.11. The van der Waals surface area contributed by atoms with Crippen molar-refractivity contribution in [1.29, 1.82) is 0 Å². The van der Waals surface area contributed by atoms with E-state index >= 15 is 0 Å². The third-order valence-electron chi connectivity index (χ3n) is 3.48. The van der Waals surface area contributed by atoms with Crippen LogP contribution in [-0.4, -0.2) is 22.1 Å². The van der Waals surface area contributed by atoms with Crippen LogP contribution < -0.4 is 10.5 Å². The number of nitrogens with two attached hydrogens (primary N) is 1. The van der Waals surface area contributed by atoms with Gasteiger partial charge in [0.2, 0.25) is 5.95 Å². The minimum atomic E-state index is 0.298. The number of benzene rings is 1. The molecule has 112 valence electrons. The van der Waals surface area contributed by atoms with E-state index in [1.165, 1.54) is 0 Å². The number of anilines is 1. The summed E-state index contributed by atoms with van der Waals surface area (Å²) >= 11 is 0. The molecule has 22 heavy (non-hydrogen) atoms. The van der Waals surface area contributed by atoms with Gasteiger partial charge in [0.05, 0.1) is 24.0 Å². The Morgan fingerprint density at radius 1 is 1.09 bits per heavy atom. The fourth-order valence-electron chi connectivity index (χ4n) is 2.45. The van der Waals surface area contributed by atoms with Crippen LogP contribution >= 0.6 is 0 Å². The van der Waals surface area contributed by atoms with Crippen molar-refractivity contribution in [1.82, 2.24) is 15.0 Å². The number of methoxy groups -OCH3 is 1. The molecule has 2 heterocycles. The first kappa shape index (κ1) is 14.3. The summed E-state index contributed by atoms with van der Waals surface area (Å²) in [7, 11) is 1.66. The van der Waals surface area contributed by atoms with Gasteiger partial charge in [-0.2, -0.15) is 0 Å². The molecule has 0 saturated heterocycles. The van der Waals surface area contributed by atoms with Crippen LogP contribution in [0, 0.1) is 0 Å². The predicted octanol–water partition coefficient (Wildman–Crippen LogP) is 3.24. The Balaban J connectivity index is 2.15. The van der Waals surface area contributed by atoms with Gasteiger partial charge in [0.1, 0.15) is 11.3 Å². The van der Waals surface area contributed by atoms with Crippen LogP contribution in [-0.2, 0) is 6.42 Å². The van der Waals surface area contributed by atoms with Crippen molar-refractivity contribution in [2.45, 2.75) is 19.8 Å². The highest BCUT2D eigenvalue weighted by Crippen LogP contribution is 2.25. The van der Waals surface area contributed by atoms with Gasteiger partial charge in [-0.3, -0.25) is 0 Å². The largest absolute Gasteiger partial charge is 0.497 e. The topological polar surface area (TPSA) is 73.9 Å². The molecule has 0 aliphatic rings. The minimum absolute atomic E-state index is 0.298. The fourth-order valence-corrected chi connectivity index (χ4v) is 2.45. The van der Waals surface area contributed by atoms with Gasteiger partial charge >= 0.3 is 0 Å². The van der Waals surface area contributed by atoms with Crippen molar-refractivity contribution in [3.05, 3.63) is 42.1 Å². The highest BCUT2D eigenvalue weighted by molar-refractivity contribution is 5.81. The van der Waals surface area contributed by atoms with E-state index in [1.54, 1.807) is 7.11 Å². The Labute approximate surface area is 129 Å². The maximum absolute atomic E-state index is 5.78. The second kappa shape index (κ2) is 5.97. The number of pyridine rings is 1. The zero-order valence-corrected chi connectivity index (χ0v) is 12.7. The molecular weight excluding hydrogens is 276 g/mol. The lowest BCUT2D eigenvalue weighted by Crippen LogP contribution is -2.02. The Morgan fingerprint density at radius 2 is 1.95 bits per heavy atom. The van der Waals surface area contributed by atoms with Crippen LogP contribution in [0.4, 0.5) is 5.95 Å². The monoisotopic (exact) mass is 294 g/mol. The number of fused-ring (bicyclic) bond motifs is 1. The lowest BCUT2D eigenvalue weighted by Gasteiger charge is -2.08. The van der Waals surface area contributed by atoms with E-state index in [0.29, 0.717) is 5.95 Å². The molecule has 0 amide bonds. The molecule has 0 aliphatic carbocycles. The number of hydrogen-bond acceptors (Lipinski definition) is 5. The van der Waals surface area contributed by atoms with Crippen molar-refractivity contribution < 1.29 is 4.74 Å². The third-order valence-corrected chi connectivity index (χ3v) is 3.48. The van der Waals surface area contributed by atoms with E-state index in [2.05, 4.69) is 16.9 Å². The molecule has 0 unspecified atom stereocenters. The van der Waals surface area contributed by atoms with Crippen molar-refractivity contribution in [3.63, 3.8) is 0 Å². The SMILES string of the molecule is CCCc1nc(N)nc2ccc(-c3cccc(OC)c3)nc12. The van der Waals surface area contributed by atoms with E-state index in [1.807, 2.05) is 36.4 Å². The number of rotatable bonds is 4. The molecule has 0 fully saturated rings. The summed E-state index contributed by atoms with van der Waals surface area (Å²) in [4.78, 5) is 13.4. The van der Waals surface area contributed by atoms with E-state index in [-0.39, 0.29) is 0 Å². The van der Waals surface area contributed by atoms with Crippen LogP contribution in [0.2, 0.25) is 0 Å². The molecule has 3 aromatic rings. The lowest BCUT2D eigenvalue weighted by molar-refractivity contribution is 0.415. The molecule has 1 aromatic carbocycles. The first-order valence-corrected chi connectivity index (χ1v) is 7.29. The Hall–Kier alpha value is -2.69. The number of ether oxygens (including phenoxy) is 1. The summed E-state index contributed by atoms with van der Waals surface area (Å²) in [6.07, 6.45) is 1.81. The van der Waals surface area contributed by atoms with Gasteiger partial charge in [0.25, 0.3) is 0 Å². The number of aromatic nitrogens is 3. The van der Waals surface area contributed by atoms with Crippen LogP contribution in [0.3, 0.4) is 0 Å². The van der Waals surface area contributed by atoms with Gasteiger partial charge in [-0.1, -0.05) is 25.5 Å². The fraction of sp³-hybridized carbons (Fsp3) is 0.235. The number of hydrogen-bond donors (Lipinski definition) is 1. The zero-order chi connectivity index (χ0) is 15.5. The molecule has 3 rings (SSSR count). The zero-order valence-electron chi connectivity index (χ0n) is 12.7. The smallest absolute Gasteiger partial charge is 0.220 e. The standard InChI is InChI=1S/C17H18N4O/c1-3-5-14-16-15(21-17(18)20-14)9-8-13(19-16)11-6-4-7-12(10-11)22-2/h4,6-10H,3,5H2,1-2H3,(H2,18,20,21). The molecule has 2 aromatic heterocycles. The summed E-state index contributed by atoms with van der Waals surface area (Å²) in [5.41, 5.74) is 10.1. The van der Waals surface area contributed by atoms with Gasteiger partial charge in [0.15, 0.2) is 0 Å². The van der Waals surface area contributed by atoms with Crippen LogP contribution in [0.25, 0.3) is 22.3 Å². The second-order valence-electron chi connectivity index (χ2n) is 5.07. The average Bonchev–Trinajstić information content (AvgIpc) is 2.55. The van der Waals surface area contributed by atoms with Crippen LogP contribution in [0.15, 0.2) is 36.4 Å². The van der Waals surface area contributed by atoms with Gasteiger partial charge < -0.3 is 10.5 Å². The van der Waals surface area contributed by atoms with Crippen molar-refractivity contribution in [3.8, 4) is 17.0 Å². The van der Waals surface area contributed by atoms with E-state index in [4.69, 9.17) is 15.5 Å². The maximum atomic E-state index is 5.78. The second-order valence-corrected chi connectivity index (χ2v) is 5.07. The van der Waals surface area contributed by atoms with Gasteiger partial charge in [-0.05, 0) is 30.7 Å². The molecule has 2 N–H and O–H groups in total. The molecule has 0 saturated carbocycles. The van der Waals surface area contributed by atoms with Gasteiger partial charge in [-0.15, -0.1) is 0 Å². The average molecular weight is 294 g/mol. The Bertz CT molecular complexity index is 817. The minimum Gasteiger partial charge on any atom is -0.497 e. The summed E-state index contributed by atoms with van der Waals surface area (Å²) in [5, 5.41) is 0. The van der Waals surface area contributed by atoms with Crippen molar-refractivity contribution >= 4 is 17.0 Å². The summed E-state index contributed by atoms with van der Waals surface area (Å²) in [6.45, 7) is 2.11. The van der Waals surface area contributed by atoms with Crippen LogP contribution in [0.5, 0.6) is 5.75 Å². The Morgan fingerprint density at radius 3 is 2.73 bits per heavy atom. The summed E-state index contributed by atoms with van der Waals surface area (Å²) < 4.78 is 5.27. The molecule has 0 spiro atoms. The third kappa shape index (κ3) is 2.70. The highest BCUT2D eigenvalue weighted by atomic mass is 16.5. The van der Waals surface area contributed by atoms with E-state index < -0.39 is 0 Å². The molecule has 5 nitrogen and oxygen atoms in total. The molecule has 0 bridgehead atoms. The predicted molar refractivity (Wildman–Crippen MR) is 87.7 cm³/mol. The first-order valence-electron chi connectivity index (χ1n) is 7.29. The molecule has 0 atom stereocenters. The van der Waals surface area contributed by atoms with Crippen molar-refractivity contribution in [2.24, 2.45) is 0 Å². The highest BCUT2D eigenvalue weighted by Gasteiger charge is 2.09. The lowest BCUT2D eigenvalue weighted by atomic mass is 10.1. The normalized spacial score (nSPS) is 10.8. The quantitative estimate of drug-likeness (QED) is 0.799. The number of nitrogen functional groups attached to an aromatic ring is 1. The first-order chi connectivity index (χ1) is 10.7. The maximum Gasteiger partial charge on any atom is 0.220 e. The summed E-state index contributed by atoms with van der Waals surface area (Å²) in [6, 6.07) is 11.7. The Kier molecular flexibility index (Phi) is 3.87. The molecule has 0 aliphatic heterocycles. The van der Waals surface area contributed by atoms with Crippen molar-refractivity contribution in [2.75, 3.05) is 12.8 Å². The number of nitrogens with zero attached hydrogens (tertiary/aromatic N) is 3. The molecular formula is C17H18N4O.